The van der Waals surface area contributed by atoms with E-state index in [2.05, 4.69) is 36.0 Å². The first-order chi connectivity index (χ1) is 13.1. The van der Waals surface area contributed by atoms with Gasteiger partial charge in [-0.25, -0.2) is 0 Å². The summed E-state index contributed by atoms with van der Waals surface area (Å²) < 4.78 is 9.74. The lowest BCUT2D eigenvalue weighted by molar-refractivity contribution is -0.149. The molecule has 3 unspecified atom stereocenters. The number of unbranched alkanes of at least 4 members (excludes halogenated alkanes) is 6. The summed E-state index contributed by atoms with van der Waals surface area (Å²) in [4.78, 5) is 23.4. The minimum Gasteiger partial charge on any atom is -0.469 e. The molecule has 0 aliphatic heterocycles. The quantitative estimate of drug-likeness (QED) is 0.237. The third-order valence-corrected chi connectivity index (χ3v) is 5.46. The van der Waals surface area contributed by atoms with E-state index < -0.39 is 0 Å². The van der Waals surface area contributed by atoms with Crippen molar-refractivity contribution in [1.82, 2.24) is 0 Å². The van der Waals surface area contributed by atoms with Gasteiger partial charge in [0.25, 0.3) is 0 Å². The molecule has 0 saturated heterocycles. The molecule has 1 aliphatic carbocycles. The highest BCUT2D eigenvalue weighted by atomic mass is 16.5. The van der Waals surface area contributed by atoms with Gasteiger partial charge < -0.3 is 9.47 Å². The average molecular weight is 379 g/mol. The van der Waals surface area contributed by atoms with Gasteiger partial charge >= 0.3 is 11.9 Å². The predicted octanol–water partition coefficient (Wildman–Crippen LogP) is 5.62. The lowest BCUT2D eigenvalue weighted by Gasteiger charge is -2.31. The molecule has 154 valence electrons. The van der Waals surface area contributed by atoms with E-state index in [0.717, 1.165) is 51.4 Å². The molecule has 0 saturated carbocycles. The maximum Gasteiger partial charge on any atom is 0.309 e. The van der Waals surface area contributed by atoms with E-state index in [0.29, 0.717) is 12.3 Å². The first kappa shape index (κ1) is 23.5. The second-order valence-electron chi connectivity index (χ2n) is 7.50. The highest BCUT2D eigenvalue weighted by molar-refractivity contribution is 5.74. The molecule has 0 amide bonds. The van der Waals surface area contributed by atoms with Crippen LogP contribution in [-0.4, -0.2) is 26.2 Å². The zero-order chi connectivity index (χ0) is 19.9. The molecule has 0 bridgehead atoms. The fourth-order valence-corrected chi connectivity index (χ4v) is 3.84. The Balaban J connectivity index is 2.34. The van der Waals surface area contributed by atoms with E-state index in [1.54, 1.807) is 0 Å². The third-order valence-electron chi connectivity index (χ3n) is 5.46. The van der Waals surface area contributed by atoms with Crippen LogP contribution in [0.5, 0.6) is 0 Å². The van der Waals surface area contributed by atoms with Crippen molar-refractivity contribution in [2.75, 3.05) is 14.2 Å². The number of carbonyl (C=O) groups excluding carboxylic acids is 2. The summed E-state index contributed by atoms with van der Waals surface area (Å²) >= 11 is 0. The van der Waals surface area contributed by atoms with Gasteiger partial charge in [-0.05, 0) is 38.0 Å². The molecule has 3 atom stereocenters. The zero-order valence-electron chi connectivity index (χ0n) is 17.5. The van der Waals surface area contributed by atoms with E-state index in [4.69, 9.17) is 4.74 Å². The maximum atomic E-state index is 12.3. The normalized spacial score (nSPS) is 22.1. The summed E-state index contributed by atoms with van der Waals surface area (Å²) in [6.45, 7) is 2.19. The summed E-state index contributed by atoms with van der Waals surface area (Å²) in [6.07, 6.45) is 20.3. The minimum absolute atomic E-state index is 0.0406. The zero-order valence-corrected chi connectivity index (χ0v) is 17.5. The molecule has 0 fully saturated rings. The fraction of sp³-hybridized carbons (Fsp3) is 0.739. The van der Waals surface area contributed by atoms with Crippen molar-refractivity contribution in [2.45, 2.75) is 77.6 Å². The number of methoxy groups -OCH3 is 2. The number of hydrogen-bond acceptors (Lipinski definition) is 4. The van der Waals surface area contributed by atoms with Crippen LogP contribution in [0.4, 0.5) is 0 Å². The van der Waals surface area contributed by atoms with Gasteiger partial charge in [-0.1, -0.05) is 63.3 Å². The number of rotatable bonds is 13. The van der Waals surface area contributed by atoms with Crippen molar-refractivity contribution in [3.63, 3.8) is 0 Å². The van der Waals surface area contributed by atoms with Gasteiger partial charge in [-0.2, -0.15) is 0 Å². The SMILES string of the molecule is CCCCC1CC=CC(/C=C/CCCCCCCC(=O)OC)C1C(=O)OC. The number of carbonyl (C=O) groups is 2. The van der Waals surface area contributed by atoms with Crippen LogP contribution in [0.1, 0.15) is 77.6 Å². The summed E-state index contributed by atoms with van der Waals surface area (Å²) in [5.41, 5.74) is 0. The number of allylic oxidation sites excluding steroid dienone is 4. The Morgan fingerprint density at radius 1 is 1.04 bits per heavy atom. The highest BCUT2D eigenvalue weighted by Crippen LogP contribution is 2.35. The van der Waals surface area contributed by atoms with Crippen LogP contribution < -0.4 is 0 Å². The van der Waals surface area contributed by atoms with Crippen molar-refractivity contribution in [1.29, 1.82) is 0 Å². The van der Waals surface area contributed by atoms with E-state index >= 15 is 0 Å². The second kappa shape index (κ2) is 14.5. The smallest absolute Gasteiger partial charge is 0.309 e. The first-order valence-electron chi connectivity index (χ1n) is 10.6. The molecule has 1 rings (SSSR count). The van der Waals surface area contributed by atoms with E-state index in [1.807, 2.05) is 0 Å². The Bertz CT molecular complexity index is 481. The molecule has 0 spiro atoms. The molecule has 4 heteroatoms. The fourth-order valence-electron chi connectivity index (χ4n) is 3.84. The van der Waals surface area contributed by atoms with Crippen molar-refractivity contribution >= 4 is 11.9 Å². The predicted molar refractivity (Wildman–Crippen MR) is 109 cm³/mol. The topological polar surface area (TPSA) is 52.6 Å². The Morgan fingerprint density at radius 2 is 1.78 bits per heavy atom. The highest BCUT2D eigenvalue weighted by Gasteiger charge is 2.35. The number of hydrogen-bond donors (Lipinski definition) is 0. The summed E-state index contributed by atoms with van der Waals surface area (Å²) in [7, 11) is 2.94. The van der Waals surface area contributed by atoms with E-state index in [-0.39, 0.29) is 23.8 Å². The van der Waals surface area contributed by atoms with Gasteiger partial charge in [0.1, 0.15) is 0 Å². The molecule has 0 aromatic carbocycles. The monoisotopic (exact) mass is 378 g/mol. The molecule has 0 radical (unpaired) electrons. The van der Waals surface area contributed by atoms with E-state index in [9.17, 15) is 9.59 Å². The van der Waals surface area contributed by atoms with Crippen molar-refractivity contribution in [2.24, 2.45) is 17.8 Å². The third kappa shape index (κ3) is 9.25. The maximum absolute atomic E-state index is 12.3. The Morgan fingerprint density at radius 3 is 2.48 bits per heavy atom. The number of esters is 2. The molecule has 4 nitrogen and oxygen atoms in total. The second-order valence-corrected chi connectivity index (χ2v) is 7.50. The molecule has 0 heterocycles. The Kier molecular flexibility index (Phi) is 12.6. The minimum atomic E-state index is -0.115. The van der Waals surface area contributed by atoms with Crippen LogP contribution >= 0.6 is 0 Å². The van der Waals surface area contributed by atoms with Gasteiger partial charge in [-0.15, -0.1) is 0 Å². The van der Waals surface area contributed by atoms with Crippen LogP contribution in [0, 0.1) is 17.8 Å². The summed E-state index contributed by atoms with van der Waals surface area (Å²) in [5.74, 6) is 0.331. The van der Waals surface area contributed by atoms with Crippen LogP contribution in [0.3, 0.4) is 0 Å². The van der Waals surface area contributed by atoms with Gasteiger partial charge in [0.15, 0.2) is 0 Å². The lowest BCUT2D eigenvalue weighted by atomic mass is 9.73. The van der Waals surface area contributed by atoms with Gasteiger partial charge in [-0.3, -0.25) is 9.59 Å². The largest absolute Gasteiger partial charge is 0.469 e. The van der Waals surface area contributed by atoms with Crippen molar-refractivity contribution in [3.8, 4) is 0 Å². The van der Waals surface area contributed by atoms with Crippen LogP contribution in [0.2, 0.25) is 0 Å². The summed E-state index contributed by atoms with van der Waals surface area (Å²) in [6, 6.07) is 0. The standard InChI is InChI=1S/C23H38O4/c1-4-5-14-19-16-13-17-20(22(19)23(25)27-3)15-11-9-7-6-8-10-12-18-21(24)26-2/h11,13,15,17,19-20,22H,4-10,12,14,16,18H2,1-3H3/b15-11+. The molecular formula is C23H38O4. The molecule has 0 N–H and O–H groups in total. The van der Waals surface area contributed by atoms with E-state index in [1.165, 1.54) is 27.1 Å². The number of ether oxygens (including phenoxy) is 2. The molecular weight excluding hydrogens is 340 g/mol. The summed E-state index contributed by atoms with van der Waals surface area (Å²) in [5, 5.41) is 0. The average Bonchev–Trinajstić information content (AvgIpc) is 2.70. The molecule has 0 aromatic heterocycles. The Hall–Kier alpha value is -1.58. The van der Waals surface area contributed by atoms with Gasteiger partial charge in [0.2, 0.25) is 0 Å². The Labute approximate surface area is 165 Å². The van der Waals surface area contributed by atoms with Crippen molar-refractivity contribution in [3.05, 3.63) is 24.3 Å². The lowest BCUT2D eigenvalue weighted by Crippen LogP contribution is -2.32. The van der Waals surface area contributed by atoms with Crippen LogP contribution in [0.25, 0.3) is 0 Å². The van der Waals surface area contributed by atoms with Crippen LogP contribution in [-0.2, 0) is 19.1 Å². The molecule has 27 heavy (non-hydrogen) atoms. The van der Waals surface area contributed by atoms with Crippen LogP contribution in [0.15, 0.2) is 24.3 Å². The first-order valence-corrected chi connectivity index (χ1v) is 10.6. The van der Waals surface area contributed by atoms with Crippen molar-refractivity contribution < 1.29 is 19.1 Å². The van der Waals surface area contributed by atoms with Gasteiger partial charge in [0, 0.05) is 12.3 Å². The molecule has 1 aliphatic rings. The molecule has 0 aromatic rings. The van der Waals surface area contributed by atoms with Gasteiger partial charge in [0.05, 0.1) is 20.1 Å².